The molecule has 0 amide bonds. The Hall–Kier alpha value is -5.71. The van der Waals surface area contributed by atoms with Crippen LogP contribution in [0.2, 0.25) is 0 Å². The lowest BCUT2D eigenvalue weighted by Crippen LogP contribution is -2.00. The van der Waals surface area contributed by atoms with Gasteiger partial charge in [-0.3, -0.25) is 0 Å². The summed E-state index contributed by atoms with van der Waals surface area (Å²) >= 11 is 1.82. The predicted octanol–water partition coefficient (Wildman–Crippen LogP) is 11.2. The van der Waals surface area contributed by atoms with Crippen molar-refractivity contribution in [3.8, 4) is 45.3 Å². The topological polar surface area (TPSA) is 38.7 Å². The lowest BCUT2D eigenvalue weighted by molar-refractivity contribution is 1.07. The number of nitrogens with zero attached hydrogens (tertiary/aromatic N) is 3. The fourth-order valence-corrected chi connectivity index (χ4v) is 7.38. The van der Waals surface area contributed by atoms with Gasteiger partial charge in [0.25, 0.3) is 0 Å². The summed E-state index contributed by atoms with van der Waals surface area (Å²) in [5.41, 5.74) is 5.24. The van der Waals surface area contributed by atoms with E-state index in [1.807, 2.05) is 41.7 Å². The molecular formula is C41H25N3S. The van der Waals surface area contributed by atoms with Crippen molar-refractivity contribution in [2.24, 2.45) is 0 Å². The molecule has 45 heavy (non-hydrogen) atoms. The first-order chi connectivity index (χ1) is 22.3. The van der Waals surface area contributed by atoms with Crippen molar-refractivity contribution in [3.05, 3.63) is 152 Å². The summed E-state index contributed by atoms with van der Waals surface area (Å²) in [4.78, 5) is 15.0. The Morgan fingerprint density at radius 3 is 1.71 bits per heavy atom. The van der Waals surface area contributed by atoms with E-state index in [2.05, 4.69) is 121 Å². The third-order valence-corrected chi connectivity index (χ3v) is 9.63. The second-order valence-corrected chi connectivity index (χ2v) is 12.4. The van der Waals surface area contributed by atoms with Gasteiger partial charge >= 0.3 is 0 Å². The molecule has 2 heterocycles. The highest BCUT2D eigenvalue weighted by molar-refractivity contribution is 7.26. The van der Waals surface area contributed by atoms with Crippen LogP contribution in [0.15, 0.2) is 152 Å². The molecule has 0 aliphatic rings. The summed E-state index contributed by atoms with van der Waals surface area (Å²) in [5.74, 6) is 1.99. The zero-order chi connectivity index (χ0) is 29.7. The molecule has 7 aromatic carbocycles. The SMILES string of the molecule is c1ccc(-c2nc(-c3ccc(-c4ccc5ccccc5c4)cc3)nc(-c3ccc4c(c3)sc3ccc5ccccc5c34)n2)cc1. The minimum atomic E-state index is 0.659. The Bertz CT molecular complexity index is 2530. The minimum Gasteiger partial charge on any atom is -0.208 e. The van der Waals surface area contributed by atoms with Gasteiger partial charge < -0.3 is 0 Å². The van der Waals surface area contributed by atoms with E-state index in [0.717, 1.165) is 22.3 Å². The Kier molecular flexibility index (Phi) is 6.00. The summed E-state index contributed by atoms with van der Waals surface area (Å²) in [6, 6.07) is 53.4. The molecule has 210 valence electrons. The first-order valence-corrected chi connectivity index (χ1v) is 15.8. The second-order valence-electron chi connectivity index (χ2n) is 11.3. The first-order valence-electron chi connectivity index (χ1n) is 15.0. The maximum atomic E-state index is 5.04. The Balaban J connectivity index is 1.16. The van der Waals surface area contributed by atoms with Crippen LogP contribution >= 0.6 is 11.3 Å². The molecule has 0 aliphatic heterocycles. The van der Waals surface area contributed by atoms with Gasteiger partial charge in [0.05, 0.1) is 0 Å². The average molecular weight is 592 g/mol. The van der Waals surface area contributed by atoms with Gasteiger partial charge in [0, 0.05) is 36.9 Å². The van der Waals surface area contributed by atoms with Gasteiger partial charge in [0.2, 0.25) is 0 Å². The van der Waals surface area contributed by atoms with Crippen LogP contribution in [0.3, 0.4) is 0 Å². The second kappa shape index (κ2) is 10.5. The number of rotatable bonds is 4. The van der Waals surface area contributed by atoms with E-state index in [4.69, 9.17) is 15.0 Å². The van der Waals surface area contributed by atoms with E-state index in [1.54, 1.807) is 0 Å². The smallest absolute Gasteiger partial charge is 0.164 e. The van der Waals surface area contributed by atoms with Gasteiger partial charge in [0.1, 0.15) is 0 Å². The van der Waals surface area contributed by atoms with Crippen molar-refractivity contribution in [1.29, 1.82) is 0 Å². The normalized spacial score (nSPS) is 11.6. The minimum absolute atomic E-state index is 0.659. The molecule has 9 aromatic rings. The number of aromatic nitrogens is 3. The summed E-state index contributed by atoms with van der Waals surface area (Å²) in [5, 5.41) is 7.60. The molecule has 0 saturated carbocycles. The zero-order valence-corrected chi connectivity index (χ0v) is 25.0. The Morgan fingerprint density at radius 2 is 0.911 bits per heavy atom. The molecule has 4 heteroatoms. The zero-order valence-electron chi connectivity index (χ0n) is 24.2. The molecule has 0 aliphatic carbocycles. The van der Waals surface area contributed by atoms with E-state index in [0.29, 0.717) is 17.5 Å². The lowest BCUT2D eigenvalue weighted by Gasteiger charge is -2.10. The maximum Gasteiger partial charge on any atom is 0.164 e. The lowest BCUT2D eigenvalue weighted by atomic mass is 10.00. The number of hydrogen-bond acceptors (Lipinski definition) is 4. The van der Waals surface area contributed by atoms with Crippen molar-refractivity contribution >= 4 is 53.1 Å². The molecule has 9 rings (SSSR count). The quantitative estimate of drug-likeness (QED) is 0.204. The van der Waals surface area contributed by atoms with Crippen LogP contribution in [0.1, 0.15) is 0 Å². The van der Waals surface area contributed by atoms with Crippen LogP contribution in [0.5, 0.6) is 0 Å². The largest absolute Gasteiger partial charge is 0.208 e. The van der Waals surface area contributed by atoms with E-state index in [1.165, 1.54) is 47.3 Å². The van der Waals surface area contributed by atoms with Gasteiger partial charge in [-0.1, -0.05) is 133 Å². The molecule has 0 unspecified atom stereocenters. The molecule has 0 bridgehead atoms. The van der Waals surface area contributed by atoms with Gasteiger partial charge in [-0.15, -0.1) is 11.3 Å². The molecule has 0 spiro atoms. The van der Waals surface area contributed by atoms with Crippen molar-refractivity contribution in [2.45, 2.75) is 0 Å². The number of hydrogen-bond donors (Lipinski definition) is 0. The summed E-state index contributed by atoms with van der Waals surface area (Å²) in [7, 11) is 0. The summed E-state index contributed by atoms with van der Waals surface area (Å²) in [6.07, 6.45) is 0. The molecule has 0 fully saturated rings. The molecule has 2 aromatic heterocycles. The highest BCUT2D eigenvalue weighted by atomic mass is 32.1. The van der Waals surface area contributed by atoms with E-state index in [9.17, 15) is 0 Å². The Labute approximate surface area is 264 Å². The standard InChI is InChI=1S/C41H25N3S/c1-2-10-29(11-3-1)39-42-40(30-17-14-27(15-18-30)32-19-16-26-8-4-5-12-31(26)24-32)44-41(43-39)33-20-22-35-37(25-33)45-36-23-21-28-9-6-7-13-34(28)38(35)36/h1-25H. The van der Waals surface area contributed by atoms with Crippen LogP contribution < -0.4 is 0 Å². The number of thiophene rings is 1. The van der Waals surface area contributed by atoms with Crippen LogP contribution in [0, 0.1) is 0 Å². The predicted molar refractivity (Wildman–Crippen MR) is 189 cm³/mol. The van der Waals surface area contributed by atoms with Gasteiger partial charge in [0.15, 0.2) is 17.5 Å². The molecule has 3 nitrogen and oxygen atoms in total. The number of benzene rings is 7. The fourth-order valence-electron chi connectivity index (χ4n) is 6.22. The van der Waals surface area contributed by atoms with E-state index in [-0.39, 0.29) is 0 Å². The average Bonchev–Trinajstić information content (AvgIpc) is 3.50. The summed E-state index contributed by atoms with van der Waals surface area (Å²) < 4.78 is 2.51. The van der Waals surface area contributed by atoms with Gasteiger partial charge in [-0.25, -0.2) is 15.0 Å². The monoisotopic (exact) mass is 591 g/mol. The van der Waals surface area contributed by atoms with E-state index < -0.39 is 0 Å². The molecule has 0 radical (unpaired) electrons. The van der Waals surface area contributed by atoms with Crippen molar-refractivity contribution in [2.75, 3.05) is 0 Å². The van der Waals surface area contributed by atoms with E-state index >= 15 is 0 Å². The highest BCUT2D eigenvalue weighted by Crippen LogP contribution is 2.40. The van der Waals surface area contributed by atoms with Gasteiger partial charge in [-0.2, -0.15) is 0 Å². The summed E-state index contributed by atoms with van der Waals surface area (Å²) in [6.45, 7) is 0. The van der Waals surface area contributed by atoms with Gasteiger partial charge in [-0.05, 0) is 50.9 Å². The third kappa shape index (κ3) is 4.55. The van der Waals surface area contributed by atoms with Crippen molar-refractivity contribution in [3.63, 3.8) is 0 Å². The highest BCUT2D eigenvalue weighted by Gasteiger charge is 2.15. The number of fused-ring (bicyclic) bond motifs is 6. The molecule has 0 saturated heterocycles. The molecule has 0 N–H and O–H groups in total. The van der Waals surface area contributed by atoms with Crippen LogP contribution in [-0.2, 0) is 0 Å². The fraction of sp³-hybridized carbons (Fsp3) is 0. The van der Waals surface area contributed by atoms with Crippen LogP contribution in [0.4, 0.5) is 0 Å². The van der Waals surface area contributed by atoms with Crippen molar-refractivity contribution < 1.29 is 0 Å². The molecule has 0 atom stereocenters. The third-order valence-electron chi connectivity index (χ3n) is 8.51. The van der Waals surface area contributed by atoms with Crippen molar-refractivity contribution in [1.82, 2.24) is 15.0 Å². The maximum absolute atomic E-state index is 5.04. The Morgan fingerprint density at radius 1 is 0.333 bits per heavy atom. The van der Waals surface area contributed by atoms with Crippen LogP contribution in [0.25, 0.3) is 87.0 Å². The molecular weight excluding hydrogens is 567 g/mol. The first kappa shape index (κ1) is 25.8. The van der Waals surface area contributed by atoms with Crippen LogP contribution in [-0.4, -0.2) is 15.0 Å².